The molecule has 1 aromatic carbocycles. The lowest BCUT2D eigenvalue weighted by atomic mass is 10.1. The number of fused-ring (bicyclic) bond motifs is 1. The fourth-order valence-electron chi connectivity index (χ4n) is 2.60. The molecule has 0 radical (unpaired) electrons. The second-order valence-electron chi connectivity index (χ2n) is 5.30. The molecule has 2 N–H and O–H groups in total. The van der Waals surface area contributed by atoms with Gasteiger partial charge in [-0.2, -0.15) is 11.8 Å². The summed E-state index contributed by atoms with van der Waals surface area (Å²) in [6.07, 6.45) is 0. The van der Waals surface area contributed by atoms with Crippen molar-refractivity contribution >= 4 is 56.4 Å². The van der Waals surface area contributed by atoms with Gasteiger partial charge in [-0.3, -0.25) is 4.79 Å². The monoisotopic (exact) mass is 340 g/mol. The quantitative estimate of drug-likeness (QED) is 0.850. The van der Waals surface area contributed by atoms with Crippen LogP contribution in [-0.2, 0) is 0 Å². The molecule has 0 spiro atoms. The Hall–Kier alpha value is -0.910. The summed E-state index contributed by atoms with van der Waals surface area (Å²) in [6, 6.07) is 5.79. The van der Waals surface area contributed by atoms with E-state index in [1.54, 1.807) is 0 Å². The number of nitrogens with zero attached hydrogens (tertiary/aromatic N) is 1. The molecule has 1 aliphatic heterocycles. The van der Waals surface area contributed by atoms with E-state index in [0.29, 0.717) is 20.8 Å². The number of thiophene rings is 1. The third kappa shape index (κ3) is 2.62. The van der Waals surface area contributed by atoms with Crippen LogP contribution in [0.15, 0.2) is 18.2 Å². The Bertz CT molecular complexity index is 700. The lowest BCUT2D eigenvalue weighted by molar-refractivity contribution is 0.0704. The van der Waals surface area contributed by atoms with Crippen molar-refractivity contribution in [1.29, 1.82) is 0 Å². The Labute approximate surface area is 137 Å². The average Bonchev–Trinajstić information content (AvgIpc) is 2.78. The molecule has 2 unspecified atom stereocenters. The second-order valence-corrected chi connectivity index (χ2v) is 8.27. The maximum Gasteiger partial charge on any atom is 0.266 e. The summed E-state index contributed by atoms with van der Waals surface area (Å²) in [5.74, 6) is 1.03. The molecule has 2 heterocycles. The molecule has 2 atom stereocenters. The number of benzene rings is 1. The van der Waals surface area contributed by atoms with Gasteiger partial charge in [0.05, 0.1) is 5.69 Å². The Morgan fingerprint density at radius 2 is 2.19 bits per heavy atom. The van der Waals surface area contributed by atoms with Gasteiger partial charge >= 0.3 is 0 Å². The normalized spacial score (nSPS) is 22.7. The van der Waals surface area contributed by atoms with Crippen LogP contribution in [0, 0.1) is 0 Å². The van der Waals surface area contributed by atoms with Gasteiger partial charge in [0.2, 0.25) is 0 Å². The van der Waals surface area contributed by atoms with Crippen LogP contribution in [0.1, 0.15) is 23.5 Å². The van der Waals surface area contributed by atoms with Crippen LogP contribution >= 0.6 is 34.7 Å². The highest BCUT2D eigenvalue weighted by molar-refractivity contribution is 8.00. The Morgan fingerprint density at radius 1 is 1.43 bits per heavy atom. The van der Waals surface area contributed by atoms with Crippen molar-refractivity contribution in [2.75, 3.05) is 18.0 Å². The molecular weight excluding hydrogens is 324 g/mol. The first-order chi connectivity index (χ1) is 9.99. The summed E-state index contributed by atoms with van der Waals surface area (Å²) in [6.45, 7) is 5.06. The van der Waals surface area contributed by atoms with Crippen LogP contribution in [0.4, 0.5) is 5.69 Å². The van der Waals surface area contributed by atoms with Gasteiger partial charge in [0.15, 0.2) is 0 Å². The first kappa shape index (κ1) is 15.0. The molecule has 1 amide bonds. The van der Waals surface area contributed by atoms with E-state index >= 15 is 0 Å². The maximum absolute atomic E-state index is 12.8. The fourth-order valence-corrected chi connectivity index (χ4v) is 5.05. The molecule has 0 bridgehead atoms. The summed E-state index contributed by atoms with van der Waals surface area (Å²) >= 11 is 9.37. The Morgan fingerprint density at radius 3 is 2.95 bits per heavy atom. The summed E-state index contributed by atoms with van der Waals surface area (Å²) in [7, 11) is 0. The fraction of sp³-hybridized carbons (Fsp3) is 0.400. The van der Waals surface area contributed by atoms with Crippen LogP contribution < -0.4 is 5.73 Å². The zero-order chi connectivity index (χ0) is 15.1. The number of halogens is 1. The predicted molar refractivity (Wildman–Crippen MR) is 93.7 cm³/mol. The minimum absolute atomic E-state index is 0.0458. The molecule has 3 nitrogen and oxygen atoms in total. The molecule has 0 aliphatic carbocycles. The summed E-state index contributed by atoms with van der Waals surface area (Å²) in [5, 5.41) is 2.03. The number of carbonyl (C=O) groups excluding carboxylic acids is 1. The number of amides is 1. The smallest absolute Gasteiger partial charge is 0.266 e. The minimum Gasteiger partial charge on any atom is -0.397 e. The van der Waals surface area contributed by atoms with Gasteiger partial charge in [0.25, 0.3) is 5.91 Å². The molecule has 1 fully saturated rings. The standard InChI is InChI=1S/C15H17ClN2OS2/c1-8-9(2)20-6-5-18(8)15(19)14-13(17)11-4-3-10(16)7-12(11)21-14/h3-4,7-9H,5-6,17H2,1-2H3. The Balaban J connectivity index is 1.99. The van der Waals surface area contributed by atoms with E-state index in [2.05, 4.69) is 13.8 Å². The van der Waals surface area contributed by atoms with Crippen LogP contribution in [0.3, 0.4) is 0 Å². The van der Waals surface area contributed by atoms with Crippen molar-refractivity contribution in [1.82, 2.24) is 4.90 Å². The van der Waals surface area contributed by atoms with Crippen LogP contribution in [-0.4, -0.2) is 34.4 Å². The summed E-state index contributed by atoms with van der Waals surface area (Å²) < 4.78 is 0.968. The van der Waals surface area contributed by atoms with Gasteiger partial charge in [-0.15, -0.1) is 11.3 Å². The van der Waals surface area contributed by atoms with Gasteiger partial charge in [0, 0.05) is 38.7 Å². The molecule has 1 aromatic heterocycles. The first-order valence-corrected chi connectivity index (χ1v) is 9.13. The van der Waals surface area contributed by atoms with E-state index in [4.69, 9.17) is 17.3 Å². The van der Waals surface area contributed by atoms with E-state index < -0.39 is 0 Å². The highest BCUT2D eigenvalue weighted by Crippen LogP contribution is 2.37. The van der Waals surface area contributed by atoms with Crippen molar-refractivity contribution in [3.05, 3.63) is 28.1 Å². The number of hydrogen-bond acceptors (Lipinski definition) is 4. The maximum atomic E-state index is 12.8. The number of rotatable bonds is 1. The van der Waals surface area contributed by atoms with Crippen molar-refractivity contribution in [3.63, 3.8) is 0 Å². The van der Waals surface area contributed by atoms with Gasteiger partial charge in [-0.25, -0.2) is 0 Å². The summed E-state index contributed by atoms with van der Waals surface area (Å²) in [5.41, 5.74) is 6.77. The minimum atomic E-state index is 0.0458. The number of nitrogen functional groups attached to an aromatic ring is 1. The molecule has 1 saturated heterocycles. The van der Waals surface area contributed by atoms with E-state index in [1.165, 1.54) is 11.3 Å². The van der Waals surface area contributed by atoms with Crippen molar-refractivity contribution in [2.24, 2.45) is 0 Å². The number of anilines is 1. The first-order valence-electron chi connectivity index (χ1n) is 6.89. The average molecular weight is 341 g/mol. The largest absolute Gasteiger partial charge is 0.397 e. The van der Waals surface area contributed by atoms with E-state index in [9.17, 15) is 4.79 Å². The number of hydrogen-bond donors (Lipinski definition) is 1. The molecule has 6 heteroatoms. The Kier molecular flexibility index (Phi) is 4.08. The van der Waals surface area contributed by atoms with Crippen molar-refractivity contribution in [2.45, 2.75) is 25.1 Å². The molecule has 2 aromatic rings. The van der Waals surface area contributed by atoms with E-state index in [1.807, 2.05) is 34.9 Å². The van der Waals surface area contributed by atoms with Gasteiger partial charge in [-0.1, -0.05) is 18.5 Å². The molecule has 3 rings (SSSR count). The SMILES string of the molecule is CC1SCCN(C(=O)c2sc3cc(Cl)ccc3c2N)C1C. The summed E-state index contributed by atoms with van der Waals surface area (Å²) in [4.78, 5) is 15.4. The molecular formula is C15H17ClN2OS2. The van der Waals surface area contributed by atoms with Gasteiger partial charge in [0.1, 0.15) is 4.88 Å². The van der Waals surface area contributed by atoms with E-state index in [0.717, 1.165) is 22.4 Å². The van der Waals surface area contributed by atoms with Gasteiger partial charge in [-0.05, 0) is 25.1 Å². The predicted octanol–water partition coefficient (Wildman–Crippen LogP) is 4.10. The number of nitrogens with two attached hydrogens (primary N) is 1. The topological polar surface area (TPSA) is 46.3 Å². The molecule has 21 heavy (non-hydrogen) atoms. The number of thioether (sulfide) groups is 1. The lowest BCUT2D eigenvalue weighted by Gasteiger charge is -2.37. The zero-order valence-corrected chi connectivity index (χ0v) is 14.3. The van der Waals surface area contributed by atoms with Crippen LogP contribution in [0.2, 0.25) is 5.02 Å². The van der Waals surface area contributed by atoms with Crippen molar-refractivity contribution in [3.8, 4) is 0 Å². The highest BCUT2D eigenvalue weighted by Gasteiger charge is 2.31. The highest BCUT2D eigenvalue weighted by atomic mass is 35.5. The number of carbonyl (C=O) groups is 1. The van der Waals surface area contributed by atoms with Crippen LogP contribution in [0.5, 0.6) is 0 Å². The second kappa shape index (κ2) is 5.71. The molecule has 1 aliphatic rings. The zero-order valence-electron chi connectivity index (χ0n) is 11.9. The van der Waals surface area contributed by atoms with Gasteiger partial charge < -0.3 is 10.6 Å². The lowest BCUT2D eigenvalue weighted by Crippen LogP contribution is -2.47. The van der Waals surface area contributed by atoms with Crippen molar-refractivity contribution < 1.29 is 4.79 Å². The third-order valence-electron chi connectivity index (χ3n) is 4.03. The molecule has 112 valence electrons. The third-order valence-corrected chi connectivity index (χ3v) is 6.76. The van der Waals surface area contributed by atoms with E-state index in [-0.39, 0.29) is 11.9 Å². The molecule has 0 saturated carbocycles. The van der Waals surface area contributed by atoms with Crippen LogP contribution in [0.25, 0.3) is 10.1 Å².